The molecule has 150 valence electrons. The zero-order chi connectivity index (χ0) is 20.8. The van der Waals surface area contributed by atoms with E-state index in [9.17, 15) is 9.59 Å². The summed E-state index contributed by atoms with van der Waals surface area (Å²) in [5.74, 6) is -0.494. The Hall–Kier alpha value is -3.97. The monoisotopic (exact) mass is 400 g/mol. The van der Waals surface area contributed by atoms with Gasteiger partial charge in [-0.05, 0) is 48.0 Å². The third kappa shape index (κ3) is 4.71. The molecule has 1 aliphatic rings. The van der Waals surface area contributed by atoms with E-state index in [0.29, 0.717) is 23.5 Å². The first-order valence-corrected chi connectivity index (χ1v) is 9.46. The van der Waals surface area contributed by atoms with E-state index in [1.165, 1.54) is 0 Å². The lowest BCUT2D eigenvalue weighted by Crippen LogP contribution is -2.28. The Bertz CT molecular complexity index is 1050. The van der Waals surface area contributed by atoms with Crippen LogP contribution in [0.2, 0.25) is 0 Å². The van der Waals surface area contributed by atoms with Crippen molar-refractivity contribution < 1.29 is 14.4 Å². The average Bonchev–Trinajstić information content (AvgIpc) is 3.30. The van der Waals surface area contributed by atoms with Gasteiger partial charge in [-0.2, -0.15) is 0 Å². The second-order valence-electron chi connectivity index (χ2n) is 6.70. The van der Waals surface area contributed by atoms with Gasteiger partial charge in [0.1, 0.15) is 0 Å². The molecule has 0 radical (unpaired) electrons. The number of amides is 2. The number of benzene rings is 2. The summed E-state index contributed by atoms with van der Waals surface area (Å²) in [4.78, 5) is 34.1. The van der Waals surface area contributed by atoms with E-state index in [-0.39, 0.29) is 11.8 Å². The van der Waals surface area contributed by atoms with Crippen LogP contribution in [0.1, 0.15) is 21.5 Å². The Kier molecular flexibility index (Phi) is 5.82. The van der Waals surface area contributed by atoms with Crippen molar-refractivity contribution in [2.24, 2.45) is 0 Å². The van der Waals surface area contributed by atoms with Gasteiger partial charge in [0.05, 0.1) is 5.70 Å². The maximum absolute atomic E-state index is 12.5. The summed E-state index contributed by atoms with van der Waals surface area (Å²) < 4.78 is 0. The molecule has 3 aromatic rings. The van der Waals surface area contributed by atoms with Gasteiger partial charge in [-0.15, -0.1) is 0 Å². The zero-order valence-corrected chi connectivity index (χ0v) is 16.0. The van der Waals surface area contributed by atoms with E-state index in [0.717, 1.165) is 11.1 Å². The van der Waals surface area contributed by atoms with Crippen LogP contribution in [0.3, 0.4) is 0 Å². The molecule has 0 spiro atoms. The van der Waals surface area contributed by atoms with E-state index < -0.39 is 6.10 Å². The zero-order valence-electron chi connectivity index (χ0n) is 16.0. The molecule has 30 heavy (non-hydrogen) atoms. The highest BCUT2D eigenvalue weighted by molar-refractivity contribution is 5.98. The molecule has 0 aliphatic carbocycles. The Morgan fingerprint density at radius 1 is 1.00 bits per heavy atom. The van der Waals surface area contributed by atoms with E-state index >= 15 is 0 Å². The van der Waals surface area contributed by atoms with Gasteiger partial charge in [0.15, 0.2) is 6.10 Å². The molecule has 2 amide bonds. The van der Waals surface area contributed by atoms with Crippen molar-refractivity contribution in [3.8, 4) is 0 Å². The Morgan fingerprint density at radius 2 is 1.80 bits per heavy atom. The summed E-state index contributed by atoms with van der Waals surface area (Å²) in [5, 5.41) is 5.66. The van der Waals surface area contributed by atoms with E-state index in [1.54, 1.807) is 42.7 Å². The predicted molar refractivity (Wildman–Crippen MR) is 113 cm³/mol. The van der Waals surface area contributed by atoms with Crippen molar-refractivity contribution in [3.05, 3.63) is 102 Å². The SMILES string of the molecule is O=C(NCc1ccccc1)c1ccc(NC(=O)C2C=C(c3cccnc3)NO2)cc1. The number of nitrogens with one attached hydrogen (secondary N) is 3. The fraction of sp³-hybridized carbons (Fsp3) is 0.0870. The van der Waals surface area contributed by atoms with E-state index in [4.69, 9.17) is 4.84 Å². The van der Waals surface area contributed by atoms with Gasteiger partial charge in [-0.3, -0.25) is 24.9 Å². The van der Waals surface area contributed by atoms with Crippen molar-refractivity contribution in [1.82, 2.24) is 15.8 Å². The molecule has 0 fully saturated rings. The number of hydrogen-bond acceptors (Lipinski definition) is 5. The Morgan fingerprint density at radius 3 is 2.53 bits per heavy atom. The maximum Gasteiger partial charge on any atom is 0.260 e. The number of carbonyl (C=O) groups is 2. The highest BCUT2D eigenvalue weighted by Gasteiger charge is 2.24. The summed E-state index contributed by atoms with van der Waals surface area (Å²) in [7, 11) is 0. The van der Waals surface area contributed by atoms with Gasteiger partial charge in [0.25, 0.3) is 11.8 Å². The summed E-state index contributed by atoms with van der Waals surface area (Å²) in [6, 6.07) is 20.1. The minimum atomic E-state index is -0.769. The van der Waals surface area contributed by atoms with Gasteiger partial charge >= 0.3 is 0 Å². The number of nitrogens with zero attached hydrogens (tertiary/aromatic N) is 1. The second kappa shape index (κ2) is 9.02. The lowest BCUT2D eigenvalue weighted by atomic mass is 10.1. The molecule has 2 aromatic carbocycles. The topological polar surface area (TPSA) is 92.4 Å². The molecule has 0 bridgehead atoms. The molecule has 0 saturated carbocycles. The first-order valence-electron chi connectivity index (χ1n) is 9.46. The first kappa shape index (κ1) is 19.4. The first-order chi connectivity index (χ1) is 14.7. The van der Waals surface area contributed by atoms with Gasteiger partial charge in [0.2, 0.25) is 0 Å². The molecular formula is C23H20N4O3. The molecule has 2 heterocycles. The molecule has 1 aliphatic heterocycles. The smallest absolute Gasteiger partial charge is 0.260 e. The van der Waals surface area contributed by atoms with Crippen molar-refractivity contribution >= 4 is 23.2 Å². The molecule has 1 unspecified atom stereocenters. The van der Waals surface area contributed by atoms with E-state index in [2.05, 4.69) is 21.1 Å². The van der Waals surface area contributed by atoms with Gasteiger partial charge in [-0.1, -0.05) is 30.3 Å². The molecule has 1 atom stereocenters. The van der Waals surface area contributed by atoms with Crippen LogP contribution in [0, 0.1) is 0 Å². The number of rotatable bonds is 6. The molecule has 4 rings (SSSR count). The largest absolute Gasteiger partial charge is 0.348 e. The molecular weight excluding hydrogens is 380 g/mol. The lowest BCUT2D eigenvalue weighted by Gasteiger charge is -2.10. The highest BCUT2D eigenvalue weighted by Crippen LogP contribution is 2.19. The number of carbonyl (C=O) groups excluding carboxylic acids is 2. The standard InChI is InChI=1S/C23H20N4O3/c28-22(25-14-16-5-2-1-3-6-16)17-8-10-19(11-9-17)26-23(29)21-13-20(27-30-21)18-7-4-12-24-15-18/h1-13,15,21,27H,14H2,(H,25,28)(H,26,29). The third-order valence-electron chi connectivity index (χ3n) is 4.56. The summed E-state index contributed by atoms with van der Waals surface area (Å²) in [6.07, 6.45) is 4.28. The Labute approximate surface area is 173 Å². The quantitative estimate of drug-likeness (QED) is 0.592. The molecule has 3 N–H and O–H groups in total. The van der Waals surface area contributed by atoms with Crippen LogP contribution < -0.4 is 16.1 Å². The molecule has 0 saturated heterocycles. The maximum atomic E-state index is 12.5. The van der Waals surface area contributed by atoms with Crippen molar-refractivity contribution in [2.75, 3.05) is 5.32 Å². The second-order valence-corrected chi connectivity index (χ2v) is 6.70. The normalized spacial score (nSPS) is 15.1. The summed E-state index contributed by atoms with van der Waals surface area (Å²) in [6.45, 7) is 0.454. The van der Waals surface area contributed by atoms with Crippen LogP contribution in [0.4, 0.5) is 5.69 Å². The fourth-order valence-corrected chi connectivity index (χ4v) is 2.95. The van der Waals surface area contributed by atoms with Crippen LogP contribution in [-0.4, -0.2) is 22.9 Å². The summed E-state index contributed by atoms with van der Waals surface area (Å²) in [5.41, 5.74) is 6.39. The van der Waals surface area contributed by atoms with E-state index in [1.807, 2.05) is 42.5 Å². The lowest BCUT2D eigenvalue weighted by molar-refractivity contribution is -0.125. The van der Waals surface area contributed by atoms with Crippen LogP contribution in [0.25, 0.3) is 5.70 Å². The molecule has 7 nitrogen and oxygen atoms in total. The van der Waals surface area contributed by atoms with Gasteiger partial charge in [-0.25, -0.2) is 0 Å². The number of pyridine rings is 1. The fourth-order valence-electron chi connectivity index (χ4n) is 2.95. The Balaban J connectivity index is 1.32. The molecule has 1 aromatic heterocycles. The summed E-state index contributed by atoms with van der Waals surface area (Å²) >= 11 is 0. The minimum absolute atomic E-state index is 0.177. The highest BCUT2D eigenvalue weighted by atomic mass is 16.7. The predicted octanol–water partition coefficient (Wildman–Crippen LogP) is 2.89. The number of hydroxylamine groups is 1. The van der Waals surface area contributed by atoms with Crippen molar-refractivity contribution in [2.45, 2.75) is 12.6 Å². The average molecular weight is 400 g/mol. The van der Waals surface area contributed by atoms with Crippen LogP contribution in [-0.2, 0) is 16.2 Å². The number of hydrogen-bond donors (Lipinski definition) is 3. The number of aromatic nitrogens is 1. The third-order valence-corrected chi connectivity index (χ3v) is 4.56. The van der Waals surface area contributed by atoms with Crippen molar-refractivity contribution in [1.29, 1.82) is 0 Å². The van der Waals surface area contributed by atoms with Crippen LogP contribution in [0.15, 0.2) is 85.2 Å². The number of anilines is 1. The van der Waals surface area contributed by atoms with Crippen LogP contribution >= 0.6 is 0 Å². The molecule has 7 heteroatoms. The van der Waals surface area contributed by atoms with Gasteiger partial charge in [0, 0.05) is 35.8 Å². The van der Waals surface area contributed by atoms with Crippen molar-refractivity contribution in [3.63, 3.8) is 0 Å². The van der Waals surface area contributed by atoms with Gasteiger partial charge < -0.3 is 10.6 Å². The minimum Gasteiger partial charge on any atom is -0.348 e. The van der Waals surface area contributed by atoms with Crippen LogP contribution in [0.5, 0.6) is 0 Å².